The Bertz CT molecular complexity index is 855. The molecular weight excluding hydrogens is 392 g/mol. The van der Waals surface area contributed by atoms with Gasteiger partial charge in [0.1, 0.15) is 6.07 Å². The molecule has 1 aromatic carbocycles. The second-order valence-corrected chi connectivity index (χ2v) is 7.27. The minimum absolute atomic E-state index is 0.218. The van der Waals surface area contributed by atoms with E-state index in [9.17, 15) is 5.26 Å². The molecule has 7 heteroatoms. The number of aromatic nitrogens is 1. The maximum Gasteiger partial charge on any atom is 0.252 e. The lowest BCUT2D eigenvalue weighted by Gasteiger charge is -2.12. The normalized spacial score (nSPS) is 10.9. The summed E-state index contributed by atoms with van der Waals surface area (Å²) in [5.74, 6) is 2.25. The summed E-state index contributed by atoms with van der Waals surface area (Å²) in [6.45, 7) is 7.47. The van der Waals surface area contributed by atoms with E-state index < -0.39 is 0 Å². The zero-order chi connectivity index (χ0) is 22.3. The van der Waals surface area contributed by atoms with E-state index in [1.807, 2.05) is 25.1 Å². The first-order valence-electron chi connectivity index (χ1n) is 11.3. The van der Waals surface area contributed by atoms with Crippen molar-refractivity contribution in [1.82, 2.24) is 4.98 Å². The molecule has 2 rings (SSSR count). The van der Waals surface area contributed by atoms with Gasteiger partial charge in [-0.1, -0.05) is 46.0 Å². The monoisotopic (exact) mass is 426 g/mol. The summed E-state index contributed by atoms with van der Waals surface area (Å²) >= 11 is 0. The van der Waals surface area contributed by atoms with Gasteiger partial charge in [0, 0.05) is 6.42 Å². The van der Waals surface area contributed by atoms with E-state index in [2.05, 4.69) is 35.4 Å². The van der Waals surface area contributed by atoms with E-state index in [-0.39, 0.29) is 11.6 Å². The summed E-state index contributed by atoms with van der Waals surface area (Å²) in [5.41, 5.74) is 3.86. The molecule has 168 valence electrons. The zero-order valence-corrected chi connectivity index (χ0v) is 18.9. The minimum Gasteiger partial charge on any atom is -0.490 e. The lowest BCUT2D eigenvalue weighted by molar-refractivity contribution is 0.272. The maximum atomic E-state index is 9.31. The van der Waals surface area contributed by atoms with Crippen LogP contribution in [-0.4, -0.2) is 24.4 Å². The van der Waals surface area contributed by atoms with Crippen molar-refractivity contribution in [3.63, 3.8) is 0 Å². The van der Waals surface area contributed by atoms with Crippen LogP contribution in [0.1, 0.15) is 82.9 Å². The van der Waals surface area contributed by atoms with E-state index in [4.69, 9.17) is 13.9 Å². The van der Waals surface area contributed by atoms with E-state index in [1.54, 1.807) is 6.21 Å². The number of ether oxygens (including phenoxy) is 2. The number of hydrogen-bond acceptors (Lipinski definition) is 7. The highest BCUT2D eigenvalue weighted by atomic mass is 16.5. The van der Waals surface area contributed by atoms with E-state index in [0.29, 0.717) is 24.9 Å². The molecule has 0 bridgehead atoms. The molecule has 31 heavy (non-hydrogen) atoms. The molecule has 0 spiro atoms. The number of nitrogens with one attached hydrogen (secondary N) is 1. The van der Waals surface area contributed by atoms with Gasteiger partial charge in [0.05, 0.1) is 19.4 Å². The molecule has 0 saturated carbocycles. The van der Waals surface area contributed by atoms with Crippen molar-refractivity contribution >= 4 is 12.1 Å². The molecule has 0 aliphatic heterocycles. The topological polar surface area (TPSA) is 92.7 Å². The van der Waals surface area contributed by atoms with Gasteiger partial charge in [0.2, 0.25) is 5.69 Å². The summed E-state index contributed by atoms with van der Waals surface area (Å²) < 4.78 is 17.2. The molecule has 1 heterocycles. The van der Waals surface area contributed by atoms with Crippen molar-refractivity contribution in [2.75, 3.05) is 18.6 Å². The number of hydrazone groups is 1. The van der Waals surface area contributed by atoms with Crippen LogP contribution in [-0.2, 0) is 6.42 Å². The maximum absolute atomic E-state index is 9.31. The van der Waals surface area contributed by atoms with Gasteiger partial charge in [-0.25, -0.2) is 10.4 Å². The Morgan fingerprint density at radius 1 is 1.06 bits per heavy atom. The van der Waals surface area contributed by atoms with Gasteiger partial charge in [-0.15, -0.1) is 0 Å². The van der Waals surface area contributed by atoms with Gasteiger partial charge < -0.3 is 13.9 Å². The van der Waals surface area contributed by atoms with Crippen LogP contribution in [0.2, 0.25) is 0 Å². The van der Waals surface area contributed by atoms with Crippen LogP contribution in [0.5, 0.6) is 11.5 Å². The van der Waals surface area contributed by atoms with Crippen LogP contribution in [0.15, 0.2) is 27.7 Å². The van der Waals surface area contributed by atoms with E-state index in [1.165, 1.54) is 19.3 Å². The average Bonchev–Trinajstić information content (AvgIpc) is 3.17. The second kappa shape index (κ2) is 14.1. The zero-order valence-electron chi connectivity index (χ0n) is 18.9. The molecule has 0 amide bonds. The molecule has 1 aromatic heterocycles. The number of oxazole rings is 1. The van der Waals surface area contributed by atoms with Crippen LogP contribution in [0.25, 0.3) is 0 Å². The van der Waals surface area contributed by atoms with Crippen LogP contribution in [0.3, 0.4) is 0 Å². The van der Waals surface area contributed by atoms with Crippen LogP contribution in [0.4, 0.5) is 5.88 Å². The number of rotatable bonds is 15. The van der Waals surface area contributed by atoms with Crippen molar-refractivity contribution in [3.8, 4) is 17.6 Å². The second-order valence-electron chi connectivity index (χ2n) is 7.27. The molecule has 0 aliphatic rings. The molecule has 0 saturated heterocycles. The third kappa shape index (κ3) is 8.33. The summed E-state index contributed by atoms with van der Waals surface area (Å²) in [4.78, 5) is 4.26. The van der Waals surface area contributed by atoms with Gasteiger partial charge in [-0.05, 0) is 43.5 Å². The highest BCUT2D eigenvalue weighted by Crippen LogP contribution is 2.28. The Kier molecular flexibility index (Phi) is 11.0. The van der Waals surface area contributed by atoms with Crippen LogP contribution in [0, 0.1) is 11.3 Å². The van der Waals surface area contributed by atoms with Gasteiger partial charge >= 0.3 is 0 Å². The highest BCUT2D eigenvalue weighted by molar-refractivity contribution is 5.81. The van der Waals surface area contributed by atoms with Crippen molar-refractivity contribution in [3.05, 3.63) is 35.3 Å². The number of aryl methyl sites for hydroxylation is 1. The molecule has 0 aliphatic carbocycles. The first-order valence-corrected chi connectivity index (χ1v) is 11.3. The molecule has 0 atom stereocenters. The Morgan fingerprint density at radius 2 is 1.87 bits per heavy atom. The molecule has 7 nitrogen and oxygen atoms in total. The average molecular weight is 427 g/mol. The van der Waals surface area contributed by atoms with E-state index in [0.717, 1.165) is 43.4 Å². The smallest absolute Gasteiger partial charge is 0.252 e. The minimum atomic E-state index is 0.218. The SMILES string of the molecule is CCCCCCCc1nc(C#N)c(N/N=C/c2ccc(OCCCC)c(OCC)c2)o1. The number of anilines is 1. The lowest BCUT2D eigenvalue weighted by atomic mass is 10.1. The third-order valence-electron chi connectivity index (χ3n) is 4.67. The first-order chi connectivity index (χ1) is 15.2. The molecule has 0 unspecified atom stereocenters. The van der Waals surface area contributed by atoms with Crippen LogP contribution < -0.4 is 14.9 Å². The number of unbranched alkanes of at least 4 members (excludes halogenated alkanes) is 5. The van der Waals surface area contributed by atoms with E-state index >= 15 is 0 Å². The number of nitriles is 1. The fourth-order valence-corrected chi connectivity index (χ4v) is 2.99. The van der Waals surface area contributed by atoms with Crippen LogP contribution >= 0.6 is 0 Å². The summed E-state index contributed by atoms with van der Waals surface area (Å²) in [5, 5.41) is 13.5. The van der Waals surface area contributed by atoms with Crippen molar-refractivity contribution < 1.29 is 13.9 Å². The lowest BCUT2D eigenvalue weighted by Crippen LogP contribution is -2.01. The standard InChI is InChI=1S/C24H34N4O3/c1-4-7-9-10-11-12-23-27-20(17-25)24(31-23)28-26-18-19-13-14-21(30-15-8-5-2)22(16-19)29-6-3/h13-14,16,18,28H,4-12,15H2,1-3H3/b26-18+. The quantitative estimate of drug-likeness (QED) is 0.211. The molecule has 0 radical (unpaired) electrons. The third-order valence-corrected chi connectivity index (χ3v) is 4.67. The number of nitrogens with zero attached hydrogens (tertiary/aromatic N) is 3. The van der Waals surface area contributed by atoms with Crippen molar-refractivity contribution in [2.45, 2.75) is 72.1 Å². The highest BCUT2D eigenvalue weighted by Gasteiger charge is 2.12. The Balaban J connectivity index is 1.97. The molecule has 1 N–H and O–H groups in total. The molecule has 2 aromatic rings. The number of benzene rings is 1. The van der Waals surface area contributed by atoms with Gasteiger partial charge in [-0.2, -0.15) is 10.4 Å². The van der Waals surface area contributed by atoms with Gasteiger partial charge in [0.25, 0.3) is 5.88 Å². The molecule has 0 fully saturated rings. The summed E-state index contributed by atoms with van der Waals surface area (Å²) in [6.07, 6.45) is 10.3. The van der Waals surface area contributed by atoms with Crippen molar-refractivity contribution in [2.24, 2.45) is 5.10 Å². The Hall–Kier alpha value is -3.01. The van der Waals surface area contributed by atoms with Gasteiger partial charge in [-0.3, -0.25) is 0 Å². The van der Waals surface area contributed by atoms with Gasteiger partial charge in [0.15, 0.2) is 17.4 Å². The Labute approximate surface area is 185 Å². The Morgan fingerprint density at radius 3 is 2.61 bits per heavy atom. The summed E-state index contributed by atoms with van der Waals surface area (Å²) in [7, 11) is 0. The molecular formula is C24H34N4O3. The predicted molar refractivity (Wildman–Crippen MR) is 123 cm³/mol. The fraction of sp³-hybridized carbons (Fsp3) is 0.542. The summed E-state index contributed by atoms with van der Waals surface area (Å²) in [6, 6.07) is 7.72. The largest absolute Gasteiger partial charge is 0.490 e. The van der Waals surface area contributed by atoms with Crippen molar-refractivity contribution in [1.29, 1.82) is 5.26 Å². The first kappa shape index (κ1) is 24.3. The fourth-order valence-electron chi connectivity index (χ4n) is 2.99. The number of hydrogen-bond donors (Lipinski definition) is 1. The predicted octanol–water partition coefficient (Wildman–Crippen LogP) is 6.08.